The molecule has 0 spiro atoms. The van der Waals surface area contributed by atoms with Crippen molar-refractivity contribution >= 4 is 11.6 Å². The van der Waals surface area contributed by atoms with Crippen LogP contribution in [0.1, 0.15) is 36.5 Å². The van der Waals surface area contributed by atoms with Crippen LogP contribution in [0.3, 0.4) is 0 Å². The molecule has 1 atom stereocenters. The highest BCUT2D eigenvalue weighted by Gasteiger charge is 2.17. The summed E-state index contributed by atoms with van der Waals surface area (Å²) in [6, 6.07) is 4.44. The standard InChI is InChI=1S/C15H22FN3O/c1-11(19-7-3-2-4-8-19)10-18-15(20)12-5-6-14(17)13(16)9-12/h5-6,9,11H,2-4,7-8,10,17H2,1H3,(H,18,20). The first-order valence-electron chi connectivity index (χ1n) is 7.15. The maximum absolute atomic E-state index is 13.3. The first-order chi connectivity index (χ1) is 9.58. The van der Waals surface area contributed by atoms with Crippen LogP contribution in [0.5, 0.6) is 0 Å². The molecule has 2 rings (SSSR count). The van der Waals surface area contributed by atoms with Crippen molar-refractivity contribution in [3.8, 4) is 0 Å². The molecule has 1 amide bonds. The molecule has 20 heavy (non-hydrogen) atoms. The van der Waals surface area contributed by atoms with Gasteiger partial charge >= 0.3 is 0 Å². The topological polar surface area (TPSA) is 58.4 Å². The lowest BCUT2D eigenvalue weighted by atomic mass is 10.1. The van der Waals surface area contributed by atoms with Crippen LogP contribution in [-0.2, 0) is 0 Å². The van der Waals surface area contributed by atoms with Gasteiger partial charge in [0, 0.05) is 18.2 Å². The molecule has 1 heterocycles. The summed E-state index contributed by atoms with van der Waals surface area (Å²) >= 11 is 0. The number of carbonyl (C=O) groups excluding carboxylic acids is 1. The quantitative estimate of drug-likeness (QED) is 0.829. The van der Waals surface area contributed by atoms with E-state index in [-0.39, 0.29) is 11.6 Å². The summed E-state index contributed by atoms with van der Waals surface area (Å²) in [4.78, 5) is 14.3. The predicted octanol–water partition coefficient (Wildman–Crippen LogP) is 2.01. The van der Waals surface area contributed by atoms with Gasteiger partial charge in [0.2, 0.25) is 0 Å². The normalized spacial score (nSPS) is 17.7. The number of nitrogens with one attached hydrogen (secondary N) is 1. The minimum Gasteiger partial charge on any atom is -0.396 e. The van der Waals surface area contributed by atoms with Crippen molar-refractivity contribution in [2.24, 2.45) is 0 Å². The molecule has 5 heteroatoms. The molecule has 0 radical (unpaired) electrons. The van der Waals surface area contributed by atoms with Gasteiger partial charge in [-0.1, -0.05) is 6.42 Å². The minimum atomic E-state index is -0.554. The van der Waals surface area contributed by atoms with Crippen molar-refractivity contribution in [2.45, 2.75) is 32.2 Å². The Bertz CT molecular complexity index is 472. The Labute approximate surface area is 119 Å². The van der Waals surface area contributed by atoms with Gasteiger partial charge < -0.3 is 11.1 Å². The number of carbonyl (C=O) groups is 1. The highest BCUT2D eigenvalue weighted by Crippen LogP contribution is 2.13. The SMILES string of the molecule is CC(CNC(=O)c1ccc(N)c(F)c1)N1CCCCC1. The Morgan fingerprint density at radius 2 is 2.10 bits per heavy atom. The van der Waals surface area contributed by atoms with Gasteiger partial charge in [-0.25, -0.2) is 4.39 Å². The lowest BCUT2D eigenvalue weighted by molar-refractivity contribution is 0.0929. The highest BCUT2D eigenvalue weighted by molar-refractivity contribution is 5.94. The van der Waals surface area contributed by atoms with E-state index in [1.54, 1.807) is 6.07 Å². The predicted molar refractivity (Wildman–Crippen MR) is 78.0 cm³/mol. The maximum Gasteiger partial charge on any atom is 0.251 e. The molecule has 1 fully saturated rings. The molecule has 1 saturated heterocycles. The van der Waals surface area contributed by atoms with Crippen LogP contribution >= 0.6 is 0 Å². The van der Waals surface area contributed by atoms with E-state index >= 15 is 0 Å². The summed E-state index contributed by atoms with van der Waals surface area (Å²) in [5.74, 6) is -0.811. The van der Waals surface area contributed by atoms with Crippen LogP contribution in [-0.4, -0.2) is 36.5 Å². The maximum atomic E-state index is 13.3. The Morgan fingerprint density at radius 3 is 2.75 bits per heavy atom. The largest absolute Gasteiger partial charge is 0.396 e. The fraction of sp³-hybridized carbons (Fsp3) is 0.533. The van der Waals surface area contributed by atoms with E-state index in [2.05, 4.69) is 17.1 Å². The fourth-order valence-electron chi connectivity index (χ4n) is 2.50. The van der Waals surface area contributed by atoms with Crippen molar-refractivity contribution < 1.29 is 9.18 Å². The Hall–Kier alpha value is -1.62. The number of anilines is 1. The number of rotatable bonds is 4. The molecule has 1 aromatic rings. The number of halogens is 1. The summed E-state index contributed by atoms with van der Waals surface area (Å²) in [6.45, 7) is 4.86. The van der Waals surface area contributed by atoms with Crippen molar-refractivity contribution in [1.82, 2.24) is 10.2 Å². The number of likely N-dealkylation sites (tertiary alicyclic amines) is 1. The van der Waals surface area contributed by atoms with E-state index in [1.165, 1.54) is 31.4 Å². The second kappa shape index (κ2) is 6.70. The fourth-order valence-corrected chi connectivity index (χ4v) is 2.50. The average Bonchev–Trinajstić information content (AvgIpc) is 2.48. The van der Waals surface area contributed by atoms with Crippen molar-refractivity contribution in [2.75, 3.05) is 25.4 Å². The van der Waals surface area contributed by atoms with E-state index < -0.39 is 5.82 Å². The zero-order valence-electron chi connectivity index (χ0n) is 11.9. The number of benzene rings is 1. The summed E-state index contributed by atoms with van der Waals surface area (Å²) in [6.07, 6.45) is 3.74. The first-order valence-corrected chi connectivity index (χ1v) is 7.15. The van der Waals surface area contributed by atoms with Gasteiger partial charge in [-0.15, -0.1) is 0 Å². The summed E-state index contributed by atoms with van der Waals surface area (Å²) < 4.78 is 13.3. The molecule has 1 unspecified atom stereocenters. The monoisotopic (exact) mass is 279 g/mol. The number of nitrogens with two attached hydrogens (primary N) is 1. The van der Waals surface area contributed by atoms with Gasteiger partial charge in [0.25, 0.3) is 5.91 Å². The van der Waals surface area contributed by atoms with Gasteiger partial charge in [0.1, 0.15) is 5.82 Å². The van der Waals surface area contributed by atoms with Crippen LogP contribution in [0.4, 0.5) is 10.1 Å². The van der Waals surface area contributed by atoms with Crippen LogP contribution in [0.2, 0.25) is 0 Å². The summed E-state index contributed by atoms with van der Waals surface area (Å²) in [5.41, 5.74) is 5.76. The molecule has 1 aromatic carbocycles. The van der Waals surface area contributed by atoms with Gasteiger partial charge in [-0.2, -0.15) is 0 Å². The number of amides is 1. The van der Waals surface area contributed by atoms with Gasteiger partial charge in [0.15, 0.2) is 0 Å². The number of nitrogen functional groups attached to an aromatic ring is 1. The Morgan fingerprint density at radius 1 is 1.40 bits per heavy atom. The number of nitrogens with zero attached hydrogens (tertiary/aromatic N) is 1. The number of hydrogen-bond acceptors (Lipinski definition) is 3. The third-order valence-corrected chi connectivity index (χ3v) is 3.83. The molecule has 3 N–H and O–H groups in total. The van der Waals surface area contributed by atoms with Crippen LogP contribution in [0.25, 0.3) is 0 Å². The molecule has 1 aliphatic heterocycles. The number of piperidine rings is 1. The van der Waals surface area contributed by atoms with Gasteiger partial charge in [0.05, 0.1) is 5.69 Å². The molecule has 0 bridgehead atoms. The average molecular weight is 279 g/mol. The zero-order valence-corrected chi connectivity index (χ0v) is 11.9. The third-order valence-electron chi connectivity index (χ3n) is 3.83. The van der Waals surface area contributed by atoms with Crippen molar-refractivity contribution in [3.05, 3.63) is 29.6 Å². The van der Waals surface area contributed by atoms with Crippen LogP contribution < -0.4 is 11.1 Å². The van der Waals surface area contributed by atoms with E-state index in [0.29, 0.717) is 18.2 Å². The zero-order chi connectivity index (χ0) is 14.5. The molecule has 110 valence electrons. The molecule has 1 aliphatic rings. The number of hydrogen-bond donors (Lipinski definition) is 2. The van der Waals surface area contributed by atoms with E-state index in [1.807, 2.05) is 0 Å². The van der Waals surface area contributed by atoms with Crippen LogP contribution in [0, 0.1) is 5.82 Å². The third kappa shape index (κ3) is 3.70. The molecule has 0 saturated carbocycles. The molecular weight excluding hydrogens is 257 g/mol. The molecule has 0 aromatic heterocycles. The van der Waals surface area contributed by atoms with Crippen molar-refractivity contribution in [1.29, 1.82) is 0 Å². The van der Waals surface area contributed by atoms with Gasteiger partial charge in [-0.3, -0.25) is 9.69 Å². The van der Waals surface area contributed by atoms with Gasteiger partial charge in [-0.05, 0) is 51.1 Å². The first kappa shape index (κ1) is 14.8. The molecule has 0 aliphatic carbocycles. The lowest BCUT2D eigenvalue weighted by Gasteiger charge is -2.32. The highest BCUT2D eigenvalue weighted by atomic mass is 19.1. The van der Waals surface area contributed by atoms with E-state index in [9.17, 15) is 9.18 Å². The minimum absolute atomic E-state index is 0.0586. The van der Waals surface area contributed by atoms with Crippen molar-refractivity contribution in [3.63, 3.8) is 0 Å². The Balaban J connectivity index is 1.86. The van der Waals surface area contributed by atoms with E-state index in [4.69, 9.17) is 5.73 Å². The summed E-state index contributed by atoms with van der Waals surface area (Å²) in [7, 11) is 0. The van der Waals surface area contributed by atoms with E-state index in [0.717, 1.165) is 13.1 Å². The second-order valence-corrected chi connectivity index (χ2v) is 5.39. The van der Waals surface area contributed by atoms with Crippen LogP contribution in [0.15, 0.2) is 18.2 Å². The second-order valence-electron chi connectivity index (χ2n) is 5.39. The smallest absolute Gasteiger partial charge is 0.251 e. The lowest BCUT2D eigenvalue weighted by Crippen LogP contribution is -2.44. The molecule has 4 nitrogen and oxygen atoms in total. The summed E-state index contributed by atoms with van der Waals surface area (Å²) in [5, 5.41) is 2.85. The molecular formula is C15H22FN3O. The Kier molecular flexibility index (Phi) is 4.95.